The van der Waals surface area contributed by atoms with Gasteiger partial charge in [0.1, 0.15) is 5.75 Å². The van der Waals surface area contributed by atoms with Gasteiger partial charge in [0.05, 0.1) is 24.8 Å². The third kappa shape index (κ3) is 5.57. The topological polar surface area (TPSA) is 62.6 Å². The van der Waals surface area contributed by atoms with Gasteiger partial charge >= 0.3 is 0 Å². The van der Waals surface area contributed by atoms with E-state index in [1.165, 1.54) is 11.3 Å². The molecule has 7 nitrogen and oxygen atoms in total. The molecule has 0 aliphatic carbocycles. The van der Waals surface area contributed by atoms with Crippen LogP contribution in [-0.2, 0) is 25.9 Å². The van der Waals surface area contributed by atoms with Gasteiger partial charge in [0.25, 0.3) is 5.56 Å². The molecule has 3 aromatic rings. The molecule has 1 atom stereocenters. The number of nitrogens with one attached hydrogen (secondary N) is 1. The van der Waals surface area contributed by atoms with Crippen molar-refractivity contribution in [1.29, 1.82) is 0 Å². The molecule has 0 radical (unpaired) electrons. The van der Waals surface area contributed by atoms with Crippen molar-refractivity contribution in [3.63, 3.8) is 0 Å². The maximum absolute atomic E-state index is 13.2. The number of fused-ring (bicyclic) bond motifs is 1. The van der Waals surface area contributed by atoms with E-state index in [-0.39, 0.29) is 11.6 Å². The van der Waals surface area contributed by atoms with Crippen LogP contribution >= 0.6 is 0 Å². The lowest BCUT2D eigenvalue weighted by Crippen LogP contribution is -2.47. The van der Waals surface area contributed by atoms with Crippen molar-refractivity contribution in [2.45, 2.75) is 38.4 Å². The summed E-state index contributed by atoms with van der Waals surface area (Å²) in [6.45, 7) is 6.36. The molecule has 2 aromatic carbocycles. The molecule has 0 bridgehead atoms. The van der Waals surface area contributed by atoms with Crippen LogP contribution in [0.15, 0.2) is 65.7 Å². The maximum Gasteiger partial charge on any atom is 0.256 e. The highest BCUT2D eigenvalue weighted by molar-refractivity contribution is 5.58. The summed E-state index contributed by atoms with van der Waals surface area (Å²) in [5.74, 6) is 0.932. The Bertz CT molecular complexity index is 1170. The third-order valence-electron chi connectivity index (χ3n) is 7.23. The van der Waals surface area contributed by atoms with E-state index < -0.39 is 0 Å². The summed E-state index contributed by atoms with van der Waals surface area (Å²) in [5.41, 5.74) is 4.39. The van der Waals surface area contributed by atoms with Crippen LogP contribution in [0.5, 0.6) is 5.75 Å². The molecule has 7 heteroatoms. The average molecular weight is 474 g/mol. The van der Waals surface area contributed by atoms with Crippen molar-refractivity contribution in [3.8, 4) is 5.75 Å². The van der Waals surface area contributed by atoms with Gasteiger partial charge in [0.15, 0.2) is 0 Å². The highest BCUT2D eigenvalue weighted by Gasteiger charge is 2.23. The van der Waals surface area contributed by atoms with Gasteiger partial charge in [-0.15, -0.1) is 0 Å². The first-order valence-electron chi connectivity index (χ1n) is 12.7. The fraction of sp³-hybridized carbons (Fsp3) is 0.429. The molecule has 0 amide bonds. The molecule has 0 spiro atoms. The highest BCUT2D eigenvalue weighted by Crippen LogP contribution is 2.28. The summed E-state index contributed by atoms with van der Waals surface area (Å²) in [4.78, 5) is 22.7. The van der Waals surface area contributed by atoms with E-state index in [0.29, 0.717) is 13.1 Å². The number of aryl methyl sites for hydroxylation is 1. The largest absolute Gasteiger partial charge is 0.495 e. The molecule has 2 aliphatic rings. The second-order valence-electron chi connectivity index (χ2n) is 9.49. The smallest absolute Gasteiger partial charge is 0.256 e. The molecular weight excluding hydrogens is 438 g/mol. The normalized spacial score (nSPS) is 18.3. The van der Waals surface area contributed by atoms with Crippen molar-refractivity contribution >= 4 is 5.69 Å². The van der Waals surface area contributed by atoms with Crippen LogP contribution in [0.1, 0.15) is 23.2 Å². The van der Waals surface area contributed by atoms with Crippen LogP contribution in [0.2, 0.25) is 0 Å². The quantitative estimate of drug-likeness (QED) is 0.543. The summed E-state index contributed by atoms with van der Waals surface area (Å²) >= 11 is 0. The second kappa shape index (κ2) is 11.1. The number of rotatable bonds is 8. The van der Waals surface area contributed by atoms with Crippen molar-refractivity contribution < 1.29 is 4.74 Å². The fourth-order valence-corrected chi connectivity index (χ4v) is 5.25. The van der Waals surface area contributed by atoms with Crippen molar-refractivity contribution in [2.75, 3.05) is 44.7 Å². The van der Waals surface area contributed by atoms with Crippen LogP contribution in [0, 0.1) is 0 Å². The van der Waals surface area contributed by atoms with Crippen LogP contribution in [0.3, 0.4) is 0 Å². The number of methoxy groups -OCH3 is 1. The summed E-state index contributed by atoms with van der Waals surface area (Å²) < 4.78 is 7.34. The number of anilines is 1. The van der Waals surface area contributed by atoms with Gasteiger partial charge in [-0.2, -0.15) is 0 Å². The Morgan fingerprint density at radius 3 is 2.57 bits per heavy atom. The second-order valence-corrected chi connectivity index (χ2v) is 9.49. The Labute approximate surface area is 207 Å². The van der Waals surface area contributed by atoms with E-state index in [1.807, 2.05) is 22.8 Å². The molecule has 1 N–H and O–H groups in total. The minimum absolute atomic E-state index is 0.135. The Balaban J connectivity index is 1.13. The first-order valence-corrected chi connectivity index (χ1v) is 12.7. The SMILES string of the molecule is COc1ccccc1N1CCN(CCCn2cnc3c(c2=O)CC(Cc2ccccc2)NC3)CC1. The Morgan fingerprint density at radius 1 is 1.00 bits per heavy atom. The van der Waals surface area contributed by atoms with E-state index in [1.54, 1.807) is 13.4 Å². The number of ether oxygens (including phenoxy) is 1. The first kappa shape index (κ1) is 23.6. The summed E-state index contributed by atoms with van der Waals surface area (Å²) in [6.07, 6.45) is 4.35. The van der Waals surface area contributed by atoms with Gasteiger partial charge in [0, 0.05) is 50.9 Å². The first-order chi connectivity index (χ1) is 17.2. The number of hydrogen-bond donors (Lipinski definition) is 1. The van der Waals surface area contributed by atoms with Crippen LogP contribution in [0.4, 0.5) is 5.69 Å². The molecule has 184 valence electrons. The van der Waals surface area contributed by atoms with Gasteiger partial charge < -0.3 is 15.0 Å². The lowest BCUT2D eigenvalue weighted by molar-refractivity contribution is 0.249. The van der Waals surface area contributed by atoms with Gasteiger partial charge in [-0.25, -0.2) is 4.98 Å². The highest BCUT2D eigenvalue weighted by atomic mass is 16.5. The Morgan fingerprint density at radius 2 is 1.77 bits per heavy atom. The van der Waals surface area contributed by atoms with Crippen molar-refractivity contribution in [1.82, 2.24) is 19.8 Å². The number of nitrogens with zero attached hydrogens (tertiary/aromatic N) is 4. The molecule has 1 unspecified atom stereocenters. The zero-order chi connectivity index (χ0) is 24.0. The van der Waals surface area contributed by atoms with Gasteiger partial charge in [0.2, 0.25) is 0 Å². The number of benzene rings is 2. The number of hydrogen-bond acceptors (Lipinski definition) is 6. The molecule has 1 fully saturated rings. The number of piperazine rings is 1. The minimum atomic E-state index is 0.135. The van der Waals surface area contributed by atoms with E-state index in [9.17, 15) is 4.79 Å². The fourth-order valence-electron chi connectivity index (χ4n) is 5.25. The van der Waals surface area contributed by atoms with Gasteiger partial charge in [-0.1, -0.05) is 42.5 Å². The Hall–Kier alpha value is -3.16. The zero-order valence-corrected chi connectivity index (χ0v) is 20.5. The summed E-state index contributed by atoms with van der Waals surface area (Å²) in [7, 11) is 1.73. The maximum atomic E-state index is 13.2. The van der Waals surface area contributed by atoms with E-state index in [0.717, 1.165) is 69.0 Å². The van der Waals surface area contributed by atoms with Crippen LogP contribution in [0.25, 0.3) is 0 Å². The average Bonchev–Trinajstić information content (AvgIpc) is 2.91. The summed E-state index contributed by atoms with van der Waals surface area (Å²) in [5, 5.41) is 3.55. The lowest BCUT2D eigenvalue weighted by atomic mass is 9.95. The minimum Gasteiger partial charge on any atom is -0.495 e. The third-order valence-corrected chi connectivity index (χ3v) is 7.23. The molecule has 1 aromatic heterocycles. The lowest BCUT2D eigenvalue weighted by Gasteiger charge is -2.36. The predicted molar refractivity (Wildman–Crippen MR) is 139 cm³/mol. The van der Waals surface area contributed by atoms with Crippen LogP contribution < -0.4 is 20.5 Å². The molecule has 1 saturated heterocycles. The molecule has 2 aliphatic heterocycles. The molecule has 5 rings (SSSR count). The van der Waals surface area contributed by atoms with Crippen molar-refractivity contribution in [3.05, 3.63) is 88.1 Å². The zero-order valence-electron chi connectivity index (χ0n) is 20.5. The van der Waals surface area contributed by atoms with Gasteiger partial charge in [-0.3, -0.25) is 14.3 Å². The predicted octanol–water partition coefficient (Wildman–Crippen LogP) is 2.72. The molecule has 0 saturated carbocycles. The molecule has 35 heavy (non-hydrogen) atoms. The van der Waals surface area contributed by atoms with E-state index in [2.05, 4.69) is 56.5 Å². The van der Waals surface area contributed by atoms with Gasteiger partial charge in [-0.05, 0) is 43.5 Å². The van der Waals surface area contributed by atoms with E-state index >= 15 is 0 Å². The standard InChI is InChI=1S/C28H35N5O2/c1-35-27-11-6-5-10-26(27)32-16-14-31(15-17-32)12-7-13-33-21-30-25-20-29-23(19-24(25)28(33)34)18-22-8-3-2-4-9-22/h2-6,8-11,21,23,29H,7,12-20H2,1H3. The Kier molecular flexibility index (Phi) is 7.45. The van der Waals surface area contributed by atoms with Crippen LogP contribution in [-0.4, -0.2) is 60.3 Å². The summed E-state index contributed by atoms with van der Waals surface area (Å²) in [6, 6.07) is 19.0. The monoisotopic (exact) mass is 473 g/mol. The van der Waals surface area contributed by atoms with E-state index in [4.69, 9.17) is 4.74 Å². The number of aromatic nitrogens is 2. The number of para-hydroxylation sites is 2. The molecular formula is C28H35N5O2. The van der Waals surface area contributed by atoms with Crippen molar-refractivity contribution in [2.24, 2.45) is 0 Å². The molecule has 3 heterocycles.